The lowest BCUT2D eigenvalue weighted by Crippen LogP contribution is -2.40. The second-order valence-electron chi connectivity index (χ2n) is 7.14. The number of carbonyl (C=O) groups excluding carboxylic acids is 1. The maximum absolute atomic E-state index is 13.4. The summed E-state index contributed by atoms with van der Waals surface area (Å²) in [5.74, 6) is 0.213. The number of anilines is 1. The van der Waals surface area contributed by atoms with Crippen molar-refractivity contribution in [3.63, 3.8) is 0 Å². The minimum atomic E-state index is -4.19. The largest absolute Gasteiger partial charge is 0.494 e. The molecule has 3 aromatic carbocycles. The molecule has 1 amide bonds. The first-order valence-electron chi connectivity index (χ1n) is 10.1. The van der Waals surface area contributed by atoms with E-state index in [1.165, 1.54) is 24.3 Å². The maximum atomic E-state index is 13.4. The summed E-state index contributed by atoms with van der Waals surface area (Å²) in [5.41, 5.74) is 1.72. The molecule has 0 radical (unpaired) electrons. The Kier molecular flexibility index (Phi) is 8.05. The van der Waals surface area contributed by atoms with Crippen LogP contribution in [-0.4, -0.2) is 27.5 Å². The van der Waals surface area contributed by atoms with Gasteiger partial charge in [-0.3, -0.25) is 4.79 Å². The third-order valence-electron chi connectivity index (χ3n) is 4.81. The van der Waals surface area contributed by atoms with Gasteiger partial charge in [0.25, 0.3) is 15.9 Å². The van der Waals surface area contributed by atoms with E-state index in [4.69, 9.17) is 21.1 Å². The second kappa shape index (κ2) is 10.6. The number of aryl methyl sites for hydroxylation is 1. The standard InChI is InChI=1S/C24H23BrClNO5S/c1-4-31-19-12-10-18(11-13-19)27(33(29,30)20-8-6-5-7-9-20)22(28)15-32-21-14-16(2)24(26)17(3)23(21)25/h5-14H,4,15H2,1-3H3. The molecular weight excluding hydrogens is 530 g/mol. The fourth-order valence-electron chi connectivity index (χ4n) is 3.16. The van der Waals surface area contributed by atoms with E-state index in [1.807, 2.05) is 20.8 Å². The quantitative estimate of drug-likeness (QED) is 0.347. The van der Waals surface area contributed by atoms with Gasteiger partial charge in [0.1, 0.15) is 11.5 Å². The Balaban J connectivity index is 1.96. The van der Waals surface area contributed by atoms with Gasteiger partial charge in [-0.1, -0.05) is 29.8 Å². The Morgan fingerprint density at radius 2 is 1.67 bits per heavy atom. The predicted molar refractivity (Wildman–Crippen MR) is 133 cm³/mol. The fourth-order valence-corrected chi connectivity index (χ4v) is 5.28. The van der Waals surface area contributed by atoms with E-state index in [1.54, 1.807) is 36.4 Å². The molecule has 33 heavy (non-hydrogen) atoms. The van der Waals surface area contributed by atoms with Crippen LogP contribution in [0.5, 0.6) is 11.5 Å². The average molecular weight is 553 g/mol. The van der Waals surface area contributed by atoms with Crippen LogP contribution < -0.4 is 13.8 Å². The van der Waals surface area contributed by atoms with Crippen LogP contribution in [0, 0.1) is 13.8 Å². The monoisotopic (exact) mass is 551 g/mol. The number of nitrogens with zero attached hydrogens (tertiary/aromatic N) is 1. The van der Waals surface area contributed by atoms with Crippen LogP contribution in [0.15, 0.2) is 70.0 Å². The van der Waals surface area contributed by atoms with Gasteiger partial charge < -0.3 is 9.47 Å². The number of hydrogen-bond donors (Lipinski definition) is 0. The lowest BCUT2D eigenvalue weighted by molar-refractivity contribution is -0.119. The van der Waals surface area contributed by atoms with Crippen molar-refractivity contribution in [2.45, 2.75) is 25.7 Å². The Labute approximate surface area is 207 Å². The molecule has 0 spiro atoms. The van der Waals surface area contributed by atoms with Crippen molar-refractivity contribution in [2.24, 2.45) is 0 Å². The van der Waals surface area contributed by atoms with Gasteiger partial charge in [-0.05, 0) is 90.3 Å². The number of amides is 1. The molecule has 3 aromatic rings. The van der Waals surface area contributed by atoms with Crippen molar-refractivity contribution in [3.8, 4) is 11.5 Å². The molecule has 0 aliphatic carbocycles. The summed E-state index contributed by atoms with van der Waals surface area (Å²) in [7, 11) is -4.19. The fraction of sp³-hybridized carbons (Fsp3) is 0.208. The maximum Gasteiger partial charge on any atom is 0.278 e. The number of carbonyl (C=O) groups is 1. The van der Waals surface area contributed by atoms with E-state index >= 15 is 0 Å². The number of halogens is 2. The average Bonchev–Trinajstić information content (AvgIpc) is 2.81. The summed E-state index contributed by atoms with van der Waals surface area (Å²) in [6.45, 7) is 5.45. The third-order valence-corrected chi connectivity index (χ3v) is 8.14. The van der Waals surface area contributed by atoms with E-state index in [9.17, 15) is 13.2 Å². The molecule has 0 bridgehead atoms. The molecule has 0 unspecified atom stereocenters. The number of hydrogen-bond acceptors (Lipinski definition) is 5. The molecule has 6 nitrogen and oxygen atoms in total. The van der Waals surface area contributed by atoms with Crippen LogP contribution in [-0.2, 0) is 14.8 Å². The molecule has 0 fully saturated rings. The van der Waals surface area contributed by atoms with Gasteiger partial charge >= 0.3 is 0 Å². The van der Waals surface area contributed by atoms with Crippen LogP contribution in [0.4, 0.5) is 5.69 Å². The minimum absolute atomic E-state index is 0.00778. The highest BCUT2D eigenvalue weighted by Crippen LogP contribution is 2.36. The van der Waals surface area contributed by atoms with E-state index in [0.717, 1.165) is 15.4 Å². The van der Waals surface area contributed by atoms with Crippen molar-refractivity contribution in [1.29, 1.82) is 0 Å². The molecule has 0 aliphatic rings. The van der Waals surface area contributed by atoms with Gasteiger partial charge in [0.15, 0.2) is 6.61 Å². The van der Waals surface area contributed by atoms with Gasteiger partial charge in [0, 0.05) is 5.02 Å². The Hall–Kier alpha value is -2.55. The van der Waals surface area contributed by atoms with E-state index in [0.29, 0.717) is 27.6 Å². The van der Waals surface area contributed by atoms with Gasteiger partial charge in [-0.25, -0.2) is 8.42 Å². The normalized spacial score (nSPS) is 11.2. The van der Waals surface area contributed by atoms with Gasteiger partial charge in [0.2, 0.25) is 0 Å². The zero-order valence-corrected chi connectivity index (χ0v) is 21.5. The smallest absolute Gasteiger partial charge is 0.278 e. The van der Waals surface area contributed by atoms with Crippen molar-refractivity contribution >= 4 is 49.1 Å². The lowest BCUT2D eigenvalue weighted by atomic mass is 10.1. The molecule has 3 rings (SSSR count). The van der Waals surface area contributed by atoms with E-state index in [-0.39, 0.29) is 10.6 Å². The zero-order chi connectivity index (χ0) is 24.2. The minimum Gasteiger partial charge on any atom is -0.494 e. The molecule has 174 valence electrons. The van der Waals surface area contributed by atoms with Crippen molar-refractivity contribution < 1.29 is 22.7 Å². The first kappa shape index (κ1) is 25.1. The van der Waals surface area contributed by atoms with Crippen LogP contribution in [0.3, 0.4) is 0 Å². The van der Waals surface area contributed by atoms with Crippen LogP contribution in [0.25, 0.3) is 0 Å². The summed E-state index contributed by atoms with van der Waals surface area (Å²) < 4.78 is 39.3. The van der Waals surface area contributed by atoms with E-state index < -0.39 is 22.5 Å². The molecule has 0 N–H and O–H groups in total. The topological polar surface area (TPSA) is 72.9 Å². The zero-order valence-electron chi connectivity index (χ0n) is 18.3. The molecule has 0 saturated carbocycles. The molecule has 0 saturated heterocycles. The first-order valence-corrected chi connectivity index (χ1v) is 12.7. The van der Waals surface area contributed by atoms with E-state index in [2.05, 4.69) is 15.9 Å². The Morgan fingerprint density at radius 1 is 1.03 bits per heavy atom. The molecule has 0 atom stereocenters. The first-order chi connectivity index (χ1) is 15.7. The van der Waals surface area contributed by atoms with Gasteiger partial charge in [-0.15, -0.1) is 0 Å². The number of benzene rings is 3. The summed E-state index contributed by atoms with van der Waals surface area (Å²) in [4.78, 5) is 13.2. The predicted octanol–water partition coefficient (Wildman–Crippen LogP) is 5.92. The Morgan fingerprint density at radius 3 is 2.27 bits per heavy atom. The third kappa shape index (κ3) is 5.51. The number of ether oxygens (including phenoxy) is 2. The summed E-state index contributed by atoms with van der Waals surface area (Å²) >= 11 is 9.69. The van der Waals surface area contributed by atoms with Crippen LogP contribution in [0.1, 0.15) is 18.1 Å². The molecular formula is C24H23BrClNO5S. The molecule has 0 aromatic heterocycles. The summed E-state index contributed by atoms with van der Waals surface area (Å²) in [6, 6.07) is 15.7. The highest BCUT2D eigenvalue weighted by molar-refractivity contribution is 9.10. The number of sulfonamides is 1. The van der Waals surface area contributed by atoms with Gasteiger partial charge in [0.05, 0.1) is 21.7 Å². The SMILES string of the molecule is CCOc1ccc(N(C(=O)COc2cc(C)c(Cl)c(C)c2Br)S(=O)(=O)c2ccccc2)cc1. The highest BCUT2D eigenvalue weighted by Gasteiger charge is 2.31. The molecule has 0 heterocycles. The highest BCUT2D eigenvalue weighted by atomic mass is 79.9. The Bertz CT molecular complexity index is 1250. The second-order valence-corrected chi connectivity index (χ2v) is 10.1. The van der Waals surface area contributed by atoms with Crippen LogP contribution >= 0.6 is 27.5 Å². The molecule has 9 heteroatoms. The lowest BCUT2D eigenvalue weighted by Gasteiger charge is -2.23. The molecule has 0 aliphatic heterocycles. The van der Waals surface area contributed by atoms with Crippen LogP contribution in [0.2, 0.25) is 5.02 Å². The summed E-state index contributed by atoms with van der Waals surface area (Å²) in [6.07, 6.45) is 0. The summed E-state index contributed by atoms with van der Waals surface area (Å²) in [5, 5.41) is 0.586. The van der Waals surface area contributed by atoms with Crippen molar-refractivity contribution in [3.05, 3.63) is 81.3 Å². The van der Waals surface area contributed by atoms with Crippen molar-refractivity contribution in [1.82, 2.24) is 0 Å². The van der Waals surface area contributed by atoms with Gasteiger partial charge in [-0.2, -0.15) is 4.31 Å². The number of rotatable bonds is 8. The van der Waals surface area contributed by atoms with Crippen molar-refractivity contribution in [2.75, 3.05) is 17.5 Å².